The average Bonchev–Trinajstić information content (AvgIpc) is 2.38. The first-order chi connectivity index (χ1) is 9.45. The highest BCUT2D eigenvalue weighted by Crippen LogP contribution is 2.14. The second kappa shape index (κ2) is 5.95. The van der Waals surface area contributed by atoms with Gasteiger partial charge in [0, 0.05) is 12.8 Å². The zero-order valence-corrected chi connectivity index (χ0v) is 11.5. The van der Waals surface area contributed by atoms with Crippen molar-refractivity contribution in [1.82, 2.24) is 0 Å². The van der Waals surface area contributed by atoms with Gasteiger partial charge in [-0.2, -0.15) is 0 Å². The van der Waals surface area contributed by atoms with Crippen molar-refractivity contribution >= 4 is 5.78 Å². The lowest BCUT2D eigenvalue weighted by Crippen LogP contribution is -2.08. The van der Waals surface area contributed by atoms with Crippen molar-refractivity contribution in [2.24, 2.45) is 0 Å². The molecular formula is C17H16F2O. The molecule has 0 aliphatic heterocycles. The molecule has 2 aromatic rings. The van der Waals surface area contributed by atoms with Crippen molar-refractivity contribution in [2.45, 2.75) is 26.7 Å². The summed E-state index contributed by atoms with van der Waals surface area (Å²) in [4.78, 5) is 12.0. The van der Waals surface area contributed by atoms with Crippen LogP contribution in [-0.2, 0) is 17.6 Å². The molecule has 20 heavy (non-hydrogen) atoms. The second-order valence-electron chi connectivity index (χ2n) is 5.07. The Kier molecular flexibility index (Phi) is 4.28. The quantitative estimate of drug-likeness (QED) is 0.825. The molecule has 0 amide bonds. The van der Waals surface area contributed by atoms with Gasteiger partial charge in [0.1, 0.15) is 5.78 Å². The standard InChI is InChI=1S/C17H16F2O/c1-11-3-4-12(2)14(7-11)10-15(20)8-13-5-6-16(18)17(19)9-13/h3-7,9H,8,10H2,1-2H3. The van der Waals surface area contributed by atoms with Crippen molar-refractivity contribution in [2.75, 3.05) is 0 Å². The highest BCUT2D eigenvalue weighted by atomic mass is 19.2. The van der Waals surface area contributed by atoms with E-state index in [0.717, 1.165) is 28.8 Å². The molecule has 3 heteroatoms. The molecule has 2 aromatic carbocycles. The summed E-state index contributed by atoms with van der Waals surface area (Å²) in [7, 11) is 0. The Bertz CT molecular complexity index is 647. The number of hydrogen-bond acceptors (Lipinski definition) is 1. The van der Waals surface area contributed by atoms with Crippen LogP contribution in [0.4, 0.5) is 8.78 Å². The fourth-order valence-corrected chi connectivity index (χ4v) is 2.14. The van der Waals surface area contributed by atoms with E-state index < -0.39 is 11.6 Å². The summed E-state index contributed by atoms with van der Waals surface area (Å²) < 4.78 is 25.9. The normalized spacial score (nSPS) is 10.6. The minimum absolute atomic E-state index is 0.00953. The van der Waals surface area contributed by atoms with Crippen molar-refractivity contribution in [3.05, 3.63) is 70.3 Å². The maximum absolute atomic E-state index is 13.1. The van der Waals surface area contributed by atoms with Gasteiger partial charge in [-0.1, -0.05) is 29.8 Å². The van der Waals surface area contributed by atoms with Gasteiger partial charge in [-0.15, -0.1) is 0 Å². The van der Waals surface area contributed by atoms with E-state index in [0.29, 0.717) is 12.0 Å². The van der Waals surface area contributed by atoms with E-state index in [-0.39, 0.29) is 12.2 Å². The van der Waals surface area contributed by atoms with E-state index in [1.54, 1.807) is 0 Å². The first-order valence-corrected chi connectivity index (χ1v) is 6.47. The lowest BCUT2D eigenvalue weighted by Gasteiger charge is -2.07. The summed E-state index contributed by atoms with van der Waals surface area (Å²) >= 11 is 0. The Morgan fingerprint density at radius 1 is 0.950 bits per heavy atom. The van der Waals surface area contributed by atoms with Gasteiger partial charge in [0.2, 0.25) is 0 Å². The van der Waals surface area contributed by atoms with E-state index >= 15 is 0 Å². The molecule has 1 nitrogen and oxygen atoms in total. The molecule has 104 valence electrons. The fourth-order valence-electron chi connectivity index (χ4n) is 2.14. The Morgan fingerprint density at radius 3 is 2.40 bits per heavy atom. The predicted molar refractivity (Wildman–Crippen MR) is 74.7 cm³/mol. The average molecular weight is 274 g/mol. The minimum atomic E-state index is -0.915. The van der Waals surface area contributed by atoms with Gasteiger partial charge >= 0.3 is 0 Å². The van der Waals surface area contributed by atoms with E-state index in [1.165, 1.54) is 6.07 Å². The number of halogens is 2. The van der Waals surface area contributed by atoms with Crippen molar-refractivity contribution in [3.63, 3.8) is 0 Å². The third-order valence-corrected chi connectivity index (χ3v) is 3.28. The fraction of sp³-hybridized carbons (Fsp3) is 0.235. The lowest BCUT2D eigenvalue weighted by atomic mass is 9.98. The van der Waals surface area contributed by atoms with E-state index in [2.05, 4.69) is 0 Å². The van der Waals surface area contributed by atoms with Gasteiger partial charge in [-0.25, -0.2) is 8.78 Å². The number of aryl methyl sites for hydroxylation is 2. The smallest absolute Gasteiger partial charge is 0.159 e. The Balaban J connectivity index is 2.09. The van der Waals surface area contributed by atoms with Gasteiger partial charge in [0.25, 0.3) is 0 Å². The van der Waals surface area contributed by atoms with Crippen molar-refractivity contribution in [3.8, 4) is 0 Å². The van der Waals surface area contributed by atoms with E-state index in [1.807, 2.05) is 32.0 Å². The first kappa shape index (κ1) is 14.4. The van der Waals surface area contributed by atoms with Crippen LogP contribution in [0.1, 0.15) is 22.3 Å². The molecular weight excluding hydrogens is 258 g/mol. The number of rotatable bonds is 4. The van der Waals surface area contributed by atoms with E-state index in [9.17, 15) is 13.6 Å². The van der Waals surface area contributed by atoms with Crippen LogP contribution in [0, 0.1) is 25.5 Å². The summed E-state index contributed by atoms with van der Waals surface area (Å²) in [5.41, 5.74) is 3.65. The number of hydrogen-bond donors (Lipinski definition) is 0. The number of Topliss-reactive ketones (excluding diaryl/α,β-unsaturated/α-hetero) is 1. The van der Waals surface area contributed by atoms with Crippen LogP contribution in [0.25, 0.3) is 0 Å². The summed E-state index contributed by atoms with van der Waals surface area (Å²) in [5, 5.41) is 0. The maximum atomic E-state index is 13.1. The topological polar surface area (TPSA) is 17.1 Å². The molecule has 0 aliphatic rings. The molecule has 0 aromatic heterocycles. The third kappa shape index (κ3) is 3.50. The highest BCUT2D eigenvalue weighted by Gasteiger charge is 2.09. The molecule has 0 atom stereocenters. The third-order valence-electron chi connectivity index (χ3n) is 3.28. The summed E-state index contributed by atoms with van der Waals surface area (Å²) in [6, 6.07) is 9.54. The molecule has 0 saturated heterocycles. The zero-order chi connectivity index (χ0) is 14.7. The minimum Gasteiger partial charge on any atom is -0.299 e. The molecule has 0 unspecified atom stereocenters. The maximum Gasteiger partial charge on any atom is 0.159 e. The number of ketones is 1. The Hall–Kier alpha value is -2.03. The molecule has 0 fully saturated rings. The largest absolute Gasteiger partial charge is 0.299 e. The van der Waals surface area contributed by atoms with Crippen molar-refractivity contribution < 1.29 is 13.6 Å². The summed E-state index contributed by atoms with van der Waals surface area (Å²) in [6.45, 7) is 3.93. The monoisotopic (exact) mass is 274 g/mol. The van der Waals surface area contributed by atoms with Crippen molar-refractivity contribution in [1.29, 1.82) is 0 Å². The van der Waals surface area contributed by atoms with Crippen LogP contribution in [0.5, 0.6) is 0 Å². The number of carbonyl (C=O) groups is 1. The highest BCUT2D eigenvalue weighted by molar-refractivity contribution is 5.83. The SMILES string of the molecule is Cc1ccc(C)c(CC(=O)Cc2ccc(F)c(F)c2)c1. The number of benzene rings is 2. The number of carbonyl (C=O) groups excluding carboxylic acids is 1. The molecule has 0 bridgehead atoms. The van der Waals surface area contributed by atoms with Crippen LogP contribution in [0.15, 0.2) is 36.4 Å². The lowest BCUT2D eigenvalue weighted by molar-refractivity contribution is -0.117. The van der Waals surface area contributed by atoms with Crippen LogP contribution in [0.2, 0.25) is 0 Å². The first-order valence-electron chi connectivity index (χ1n) is 6.47. The molecule has 2 rings (SSSR count). The molecule has 0 N–H and O–H groups in total. The van der Waals surface area contributed by atoms with Gasteiger partial charge in [-0.3, -0.25) is 4.79 Å². The summed E-state index contributed by atoms with van der Waals surface area (Å²) in [5.74, 6) is -1.82. The molecule has 0 saturated carbocycles. The van der Waals surface area contributed by atoms with Crippen LogP contribution < -0.4 is 0 Å². The van der Waals surface area contributed by atoms with Gasteiger partial charge in [-0.05, 0) is 42.7 Å². The summed E-state index contributed by atoms with van der Waals surface area (Å²) in [6.07, 6.45) is 0.428. The van der Waals surface area contributed by atoms with Gasteiger partial charge in [0.05, 0.1) is 0 Å². The van der Waals surface area contributed by atoms with Crippen LogP contribution in [-0.4, -0.2) is 5.78 Å². The molecule has 0 radical (unpaired) electrons. The van der Waals surface area contributed by atoms with E-state index in [4.69, 9.17) is 0 Å². The van der Waals surface area contributed by atoms with Crippen LogP contribution >= 0.6 is 0 Å². The van der Waals surface area contributed by atoms with Crippen LogP contribution in [0.3, 0.4) is 0 Å². The molecule has 0 spiro atoms. The zero-order valence-electron chi connectivity index (χ0n) is 11.5. The van der Waals surface area contributed by atoms with Gasteiger partial charge < -0.3 is 0 Å². The molecule has 0 heterocycles. The Labute approximate surface area is 117 Å². The predicted octanol–water partition coefficient (Wildman–Crippen LogP) is 3.94. The second-order valence-corrected chi connectivity index (χ2v) is 5.07. The van der Waals surface area contributed by atoms with Gasteiger partial charge in [0.15, 0.2) is 11.6 Å². The molecule has 0 aliphatic carbocycles. The Morgan fingerprint density at radius 2 is 1.70 bits per heavy atom.